The van der Waals surface area contributed by atoms with Gasteiger partial charge in [-0.2, -0.15) is 0 Å². The second-order valence-electron chi connectivity index (χ2n) is 1.30. The minimum atomic E-state index is -0.215. The van der Waals surface area contributed by atoms with Crippen molar-refractivity contribution in [1.82, 2.24) is 0 Å². The molecular formula is C5H5ISi. The van der Waals surface area contributed by atoms with Crippen molar-refractivity contribution in [2.75, 3.05) is 0 Å². The van der Waals surface area contributed by atoms with Crippen LogP contribution < -0.4 is 0 Å². The quantitative estimate of drug-likeness (QED) is 0.356. The lowest BCUT2D eigenvalue weighted by atomic mass is 10.6. The van der Waals surface area contributed by atoms with Crippen molar-refractivity contribution in [2.24, 2.45) is 0 Å². The van der Waals surface area contributed by atoms with E-state index in [-0.39, 0.29) is 5.89 Å². The van der Waals surface area contributed by atoms with Crippen LogP contribution in [-0.2, 0) is 0 Å². The van der Waals surface area contributed by atoms with Crippen LogP contribution in [0.15, 0.2) is 29.6 Å². The first-order valence-corrected chi connectivity index (χ1v) is 6.87. The van der Waals surface area contributed by atoms with E-state index >= 15 is 0 Å². The van der Waals surface area contributed by atoms with E-state index in [1.807, 2.05) is 0 Å². The van der Waals surface area contributed by atoms with Gasteiger partial charge in [-0.15, -0.1) is 0 Å². The van der Waals surface area contributed by atoms with Crippen LogP contribution in [0.25, 0.3) is 0 Å². The molecule has 0 saturated heterocycles. The summed E-state index contributed by atoms with van der Waals surface area (Å²) in [5.74, 6) is -0.215. The average molecular weight is 220 g/mol. The Morgan fingerprint density at radius 3 is 1.86 bits per heavy atom. The lowest BCUT2D eigenvalue weighted by molar-refractivity contribution is 1.87. The van der Waals surface area contributed by atoms with Gasteiger partial charge in [-0.3, -0.25) is 0 Å². The highest BCUT2D eigenvalue weighted by Crippen LogP contribution is 1.90. The molecule has 36 valence electrons. The third-order valence-electron chi connectivity index (χ3n) is 0.733. The minimum absolute atomic E-state index is 0.215. The van der Waals surface area contributed by atoms with E-state index in [1.54, 1.807) is 0 Å². The molecule has 0 aliphatic rings. The van der Waals surface area contributed by atoms with Crippen LogP contribution in [0, 0.1) is 0 Å². The van der Waals surface area contributed by atoms with E-state index in [4.69, 9.17) is 0 Å². The number of rotatable bonds is 0. The lowest BCUT2D eigenvalue weighted by Gasteiger charge is -1.79. The van der Waals surface area contributed by atoms with E-state index in [2.05, 4.69) is 51.4 Å². The average Bonchev–Trinajstić information content (AvgIpc) is 1.69. The first-order chi connectivity index (χ1) is 3.39. The summed E-state index contributed by atoms with van der Waals surface area (Å²) in [7, 11) is 0. The fourth-order valence-electron chi connectivity index (χ4n) is 0.415. The summed E-state index contributed by atoms with van der Waals surface area (Å²) in [6.45, 7) is 0. The molecule has 7 heavy (non-hydrogen) atoms. The van der Waals surface area contributed by atoms with Gasteiger partial charge < -0.3 is 0 Å². The molecule has 0 aromatic carbocycles. The van der Waals surface area contributed by atoms with Gasteiger partial charge in [0.05, 0.1) is 0 Å². The van der Waals surface area contributed by atoms with E-state index < -0.39 is 0 Å². The predicted molar refractivity (Wildman–Crippen MR) is 41.8 cm³/mol. The fraction of sp³-hybridized carbons (Fsp3) is 0. The highest BCUT2D eigenvalue weighted by Gasteiger charge is 1.76. The largest absolute Gasteiger partial charge is 0.115 e. The highest BCUT2D eigenvalue weighted by atomic mass is 127. The zero-order valence-electron chi connectivity index (χ0n) is 3.76. The molecule has 0 radical (unpaired) electrons. The summed E-state index contributed by atoms with van der Waals surface area (Å²) in [4.78, 5) is 0. The SMILES string of the molecule is I[si]1ccccc1. The van der Waals surface area contributed by atoms with Gasteiger partial charge in [-0.05, 0) is 0 Å². The molecule has 2 heteroatoms. The summed E-state index contributed by atoms with van der Waals surface area (Å²) in [5, 5.41) is 0. The number of hydrogen-bond acceptors (Lipinski definition) is 0. The van der Waals surface area contributed by atoms with Gasteiger partial charge in [-0.25, -0.2) is 0 Å². The fourth-order valence-corrected chi connectivity index (χ4v) is 2.36. The molecule has 0 aliphatic carbocycles. The molecule has 0 N–H and O–H groups in total. The van der Waals surface area contributed by atoms with Crippen LogP contribution in [0.2, 0.25) is 0 Å². The number of hydrogen-bond donors (Lipinski definition) is 0. The molecule has 0 fully saturated rings. The van der Waals surface area contributed by atoms with Gasteiger partial charge in [0.25, 0.3) is 0 Å². The molecule has 0 atom stereocenters. The Hall–Kier alpha value is 0.297. The van der Waals surface area contributed by atoms with Gasteiger partial charge in [0, 0.05) is 0 Å². The lowest BCUT2D eigenvalue weighted by Crippen LogP contribution is -1.75. The molecule has 0 spiro atoms. The second-order valence-corrected chi connectivity index (χ2v) is 6.47. The molecular weight excluding hydrogens is 215 g/mol. The van der Waals surface area contributed by atoms with Crippen molar-refractivity contribution in [1.29, 1.82) is 0 Å². The van der Waals surface area contributed by atoms with Gasteiger partial charge >= 0.3 is 0 Å². The van der Waals surface area contributed by atoms with E-state index in [9.17, 15) is 0 Å². The van der Waals surface area contributed by atoms with Gasteiger partial charge in [0.15, 0.2) is 0 Å². The molecule has 0 unspecified atom stereocenters. The molecule has 1 aromatic heterocycles. The molecule has 0 aliphatic heterocycles. The Bertz CT molecular complexity index is 138. The molecule has 1 heterocycles. The van der Waals surface area contributed by atoms with Crippen molar-refractivity contribution >= 4 is 27.7 Å². The summed E-state index contributed by atoms with van der Waals surface area (Å²) in [6.07, 6.45) is 0. The maximum Gasteiger partial charge on any atom is 0.115 e. The van der Waals surface area contributed by atoms with Crippen LogP contribution >= 0.6 is 21.8 Å². The first-order valence-electron chi connectivity index (χ1n) is 2.10. The van der Waals surface area contributed by atoms with E-state index in [0.29, 0.717) is 0 Å². The Balaban J connectivity index is 3.02. The van der Waals surface area contributed by atoms with Crippen LogP contribution in [0.5, 0.6) is 0 Å². The third kappa shape index (κ3) is 1.69. The molecule has 0 amide bonds. The Morgan fingerprint density at radius 2 is 1.57 bits per heavy atom. The zero-order chi connectivity index (χ0) is 5.11. The molecule has 0 bridgehead atoms. The smallest absolute Gasteiger partial charge is 0.0858 e. The van der Waals surface area contributed by atoms with Gasteiger partial charge in [-0.1, -0.05) is 51.4 Å². The molecule has 0 saturated carbocycles. The summed E-state index contributed by atoms with van der Waals surface area (Å²) >= 11 is 2.46. The van der Waals surface area contributed by atoms with Crippen LogP contribution in [0.4, 0.5) is 0 Å². The first kappa shape index (κ1) is 5.43. The Labute approximate surface area is 57.3 Å². The van der Waals surface area contributed by atoms with E-state index in [1.165, 1.54) is 0 Å². The summed E-state index contributed by atoms with van der Waals surface area (Å²) < 4.78 is 0. The third-order valence-corrected chi connectivity index (χ3v) is 3.91. The van der Waals surface area contributed by atoms with Crippen molar-refractivity contribution < 1.29 is 0 Å². The van der Waals surface area contributed by atoms with Crippen molar-refractivity contribution in [3.05, 3.63) is 29.6 Å². The Kier molecular flexibility index (Phi) is 1.99. The molecule has 0 nitrogen and oxygen atoms in total. The normalized spacial score (nSPS) is 8.71. The standard InChI is InChI=1S/C5H5ISi/c6-7-4-2-1-3-5-7/h1-5H. The topological polar surface area (TPSA) is 0 Å². The summed E-state index contributed by atoms with van der Waals surface area (Å²) in [6, 6.07) is 6.29. The predicted octanol–water partition coefficient (Wildman–Crippen LogP) is 1.91. The van der Waals surface area contributed by atoms with Gasteiger partial charge in [0.2, 0.25) is 0 Å². The Morgan fingerprint density at radius 1 is 1.00 bits per heavy atom. The monoisotopic (exact) mass is 220 g/mol. The van der Waals surface area contributed by atoms with Crippen molar-refractivity contribution in [3.8, 4) is 0 Å². The maximum absolute atomic E-state index is 2.46. The minimum Gasteiger partial charge on any atom is -0.0858 e. The van der Waals surface area contributed by atoms with Crippen LogP contribution in [0.1, 0.15) is 0 Å². The second kappa shape index (κ2) is 2.57. The molecule has 1 rings (SSSR count). The maximum atomic E-state index is 2.46. The van der Waals surface area contributed by atoms with Gasteiger partial charge in [0.1, 0.15) is 5.89 Å². The molecule has 1 aromatic rings. The highest BCUT2D eigenvalue weighted by molar-refractivity contribution is 14.1. The zero-order valence-corrected chi connectivity index (χ0v) is 6.92. The van der Waals surface area contributed by atoms with Crippen molar-refractivity contribution in [3.63, 3.8) is 0 Å². The van der Waals surface area contributed by atoms with Crippen LogP contribution in [-0.4, -0.2) is 5.89 Å². The number of halogens is 1. The van der Waals surface area contributed by atoms with E-state index in [0.717, 1.165) is 0 Å². The summed E-state index contributed by atoms with van der Waals surface area (Å²) in [5.41, 5.74) is 4.51. The van der Waals surface area contributed by atoms with Crippen molar-refractivity contribution in [2.45, 2.75) is 0 Å². The van der Waals surface area contributed by atoms with Crippen LogP contribution in [0.3, 0.4) is 0 Å².